The Balaban J connectivity index is 1.27. The number of carbonyl (C=O) groups is 1. The van der Waals surface area contributed by atoms with Crippen molar-refractivity contribution in [1.29, 1.82) is 0 Å². The molecule has 0 bridgehead atoms. The maximum absolute atomic E-state index is 14.4. The van der Waals surface area contributed by atoms with E-state index in [4.69, 9.17) is 14.6 Å². The second kappa shape index (κ2) is 15.6. The topological polar surface area (TPSA) is 80.1 Å². The third-order valence-corrected chi connectivity index (χ3v) is 10.5. The molecule has 9 heteroatoms. The maximum atomic E-state index is 14.4. The van der Waals surface area contributed by atoms with Gasteiger partial charge in [-0.1, -0.05) is 39.0 Å². The van der Waals surface area contributed by atoms with E-state index in [1.165, 1.54) is 11.8 Å². The minimum Gasteiger partial charge on any atom is -0.493 e. The first kappa shape index (κ1) is 34.9. The molecular weight excluding hydrogens is 595 g/mol. The standard InChI is InChI=1S/C38H53FN4O4/c1-7-42(37(25(3)4)38(44)45)32-21-29(33(23-32)28-10-9-11-30(39)20-28)24-41-16-14-27(15-17-41)34-22-31(40-43(34)8-2)18-26-12-13-35(46-5)36(19-26)47-6/h9-13,19-20,22,25,27,29,32-33,37H,7-8,14-18,21,23-24H2,1-6H3,(H,44,45)/t29-,32+,33-,37-/m1/s1. The average molecular weight is 649 g/mol. The van der Waals surface area contributed by atoms with Crippen LogP contribution in [0.3, 0.4) is 0 Å². The van der Waals surface area contributed by atoms with E-state index in [0.717, 1.165) is 86.6 Å². The number of carboxylic acids is 1. The van der Waals surface area contributed by atoms with Gasteiger partial charge < -0.3 is 19.5 Å². The van der Waals surface area contributed by atoms with Crippen LogP contribution in [0.15, 0.2) is 48.5 Å². The number of likely N-dealkylation sites (tertiary alicyclic amines) is 1. The molecule has 0 spiro atoms. The van der Waals surface area contributed by atoms with Crippen LogP contribution in [0, 0.1) is 17.7 Å². The summed E-state index contributed by atoms with van der Waals surface area (Å²) in [6.07, 6.45) is 4.65. The molecule has 1 saturated heterocycles. The fourth-order valence-electron chi connectivity index (χ4n) is 8.30. The molecule has 47 heavy (non-hydrogen) atoms. The Kier molecular flexibility index (Phi) is 11.6. The summed E-state index contributed by atoms with van der Waals surface area (Å²) in [6.45, 7) is 12.7. The highest BCUT2D eigenvalue weighted by atomic mass is 19.1. The van der Waals surface area contributed by atoms with Crippen molar-refractivity contribution in [3.05, 3.63) is 76.9 Å². The van der Waals surface area contributed by atoms with Crippen LogP contribution in [0.25, 0.3) is 0 Å². The Hall–Kier alpha value is -3.43. The molecule has 0 unspecified atom stereocenters. The summed E-state index contributed by atoms with van der Waals surface area (Å²) >= 11 is 0. The van der Waals surface area contributed by atoms with Gasteiger partial charge in [0, 0.05) is 37.2 Å². The molecule has 2 fully saturated rings. The Morgan fingerprint density at radius 1 is 1.04 bits per heavy atom. The SMILES string of the molecule is CCN([C@H]1C[C@H](CN2CCC(c3cc(Cc4ccc(OC)c(OC)c4)nn3CC)CC2)[C@@H](c2cccc(F)c2)C1)[C@@H](C(=O)O)C(C)C. The van der Waals surface area contributed by atoms with E-state index in [-0.39, 0.29) is 23.7 Å². The Bertz CT molecular complexity index is 1480. The van der Waals surface area contributed by atoms with Gasteiger partial charge in [-0.05, 0) is 111 Å². The average Bonchev–Trinajstić information content (AvgIpc) is 3.67. The molecule has 2 aromatic carbocycles. The lowest BCUT2D eigenvalue weighted by Gasteiger charge is -2.36. The number of benzene rings is 2. The Morgan fingerprint density at radius 2 is 1.79 bits per heavy atom. The van der Waals surface area contributed by atoms with Crippen LogP contribution in [-0.4, -0.2) is 83.1 Å². The lowest BCUT2D eigenvalue weighted by Crippen LogP contribution is -2.49. The predicted molar refractivity (Wildman–Crippen MR) is 183 cm³/mol. The molecule has 4 atom stereocenters. The van der Waals surface area contributed by atoms with Crippen molar-refractivity contribution >= 4 is 5.97 Å². The van der Waals surface area contributed by atoms with Crippen molar-refractivity contribution in [1.82, 2.24) is 19.6 Å². The van der Waals surface area contributed by atoms with Crippen LogP contribution in [0.1, 0.15) is 87.7 Å². The summed E-state index contributed by atoms with van der Waals surface area (Å²) in [7, 11) is 3.31. The number of hydrogen-bond acceptors (Lipinski definition) is 6. The van der Waals surface area contributed by atoms with Gasteiger partial charge in [0.15, 0.2) is 11.5 Å². The van der Waals surface area contributed by atoms with Gasteiger partial charge in [-0.15, -0.1) is 0 Å². The van der Waals surface area contributed by atoms with Gasteiger partial charge in [-0.2, -0.15) is 5.10 Å². The third-order valence-electron chi connectivity index (χ3n) is 10.5. The molecule has 256 valence electrons. The molecule has 0 amide bonds. The normalized spacial score (nSPS) is 21.4. The van der Waals surface area contributed by atoms with Gasteiger partial charge in [-0.25, -0.2) is 4.39 Å². The number of ether oxygens (including phenoxy) is 2. The summed E-state index contributed by atoms with van der Waals surface area (Å²) < 4.78 is 27.5. The highest BCUT2D eigenvalue weighted by Crippen LogP contribution is 2.44. The number of aryl methyl sites for hydroxylation is 1. The first-order valence-corrected chi connectivity index (χ1v) is 17.4. The monoisotopic (exact) mass is 648 g/mol. The summed E-state index contributed by atoms with van der Waals surface area (Å²) in [4.78, 5) is 17.1. The molecular formula is C38H53FN4O4. The number of aliphatic carboxylic acids is 1. The highest BCUT2D eigenvalue weighted by Gasteiger charge is 2.42. The van der Waals surface area contributed by atoms with Crippen molar-refractivity contribution in [2.45, 2.75) is 90.3 Å². The number of halogens is 1. The van der Waals surface area contributed by atoms with Crippen LogP contribution < -0.4 is 9.47 Å². The lowest BCUT2D eigenvalue weighted by atomic mass is 9.87. The largest absolute Gasteiger partial charge is 0.493 e. The van der Waals surface area contributed by atoms with E-state index in [1.807, 2.05) is 38.1 Å². The van der Waals surface area contributed by atoms with Gasteiger partial charge >= 0.3 is 5.97 Å². The zero-order valence-corrected chi connectivity index (χ0v) is 29.0. The smallest absolute Gasteiger partial charge is 0.321 e. The summed E-state index contributed by atoms with van der Waals surface area (Å²) in [5.74, 6) is 1.48. The third kappa shape index (κ3) is 8.00. The number of aromatic nitrogens is 2. The lowest BCUT2D eigenvalue weighted by molar-refractivity contribution is -0.146. The second-order valence-electron chi connectivity index (χ2n) is 13.7. The first-order valence-electron chi connectivity index (χ1n) is 17.4. The molecule has 5 rings (SSSR count). The van der Waals surface area contributed by atoms with E-state index in [0.29, 0.717) is 18.4 Å². The van der Waals surface area contributed by atoms with Crippen LogP contribution in [-0.2, 0) is 17.8 Å². The van der Waals surface area contributed by atoms with Gasteiger partial charge in [0.25, 0.3) is 0 Å². The molecule has 3 aromatic rings. The Labute approximate surface area is 279 Å². The predicted octanol–water partition coefficient (Wildman–Crippen LogP) is 6.82. The second-order valence-corrected chi connectivity index (χ2v) is 13.7. The van der Waals surface area contributed by atoms with Crippen LogP contribution in [0.2, 0.25) is 0 Å². The fourth-order valence-corrected chi connectivity index (χ4v) is 8.30. The molecule has 1 saturated carbocycles. The summed E-state index contributed by atoms with van der Waals surface area (Å²) in [6, 6.07) is 15.0. The fraction of sp³-hybridized carbons (Fsp3) is 0.579. The maximum Gasteiger partial charge on any atom is 0.321 e. The zero-order chi connectivity index (χ0) is 33.7. The van der Waals surface area contributed by atoms with Crippen LogP contribution >= 0.6 is 0 Å². The van der Waals surface area contributed by atoms with Gasteiger partial charge in [-0.3, -0.25) is 14.4 Å². The van der Waals surface area contributed by atoms with Crippen molar-refractivity contribution in [3.8, 4) is 11.5 Å². The van der Waals surface area contributed by atoms with Crippen molar-refractivity contribution < 1.29 is 23.8 Å². The van der Waals surface area contributed by atoms with E-state index >= 15 is 0 Å². The molecule has 8 nitrogen and oxygen atoms in total. The Morgan fingerprint density at radius 3 is 2.40 bits per heavy atom. The van der Waals surface area contributed by atoms with Gasteiger partial charge in [0.05, 0.1) is 19.9 Å². The molecule has 0 radical (unpaired) electrons. The first-order chi connectivity index (χ1) is 22.6. The molecule has 1 N–H and O–H groups in total. The number of carboxylic acid groups (broad SMARTS) is 1. The highest BCUT2D eigenvalue weighted by molar-refractivity contribution is 5.73. The van der Waals surface area contributed by atoms with Crippen LogP contribution in [0.4, 0.5) is 4.39 Å². The van der Waals surface area contributed by atoms with E-state index < -0.39 is 12.0 Å². The molecule has 1 aromatic heterocycles. The van der Waals surface area contributed by atoms with Gasteiger partial charge in [0.1, 0.15) is 11.9 Å². The van der Waals surface area contributed by atoms with Gasteiger partial charge in [0.2, 0.25) is 0 Å². The summed E-state index contributed by atoms with van der Waals surface area (Å²) in [5, 5.41) is 15.1. The molecule has 2 heterocycles. The van der Waals surface area contributed by atoms with E-state index in [9.17, 15) is 14.3 Å². The minimum absolute atomic E-state index is 0.00857. The quantitative estimate of drug-likeness (QED) is 0.206. The van der Waals surface area contributed by atoms with Crippen molar-refractivity contribution in [2.75, 3.05) is 40.4 Å². The van der Waals surface area contributed by atoms with E-state index in [1.54, 1.807) is 20.3 Å². The number of hydrogen-bond donors (Lipinski definition) is 1. The number of rotatable bonds is 14. The molecule has 1 aliphatic carbocycles. The zero-order valence-electron chi connectivity index (χ0n) is 29.0. The van der Waals surface area contributed by atoms with E-state index in [2.05, 4.69) is 40.5 Å². The van der Waals surface area contributed by atoms with Crippen molar-refractivity contribution in [3.63, 3.8) is 0 Å². The number of methoxy groups -OCH3 is 2. The van der Waals surface area contributed by atoms with Crippen molar-refractivity contribution in [2.24, 2.45) is 11.8 Å². The molecule has 2 aliphatic rings. The minimum atomic E-state index is -0.757. The summed E-state index contributed by atoms with van der Waals surface area (Å²) in [5.41, 5.74) is 4.55. The number of piperidine rings is 1. The van der Waals surface area contributed by atoms with Crippen LogP contribution in [0.5, 0.6) is 11.5 Å². The number of nitrogens with zero attached hydrogens (tertiary/aromatic N) is 4. The molecule has 1 aliphatic heterocycles. The number of likely N-dealkylation sites (N-methyl/N-ethyl adjacent to an activating group) is 1.